The maximum atomic E-state index is 12.3. The fraction of sp³-hybridized carbons (Fsp3) is 0.0714. The first kappa shape index (κ1) is 13.6. The van der Waals surface area contributed by atoms with E-state index in [1.807, 2.05) is 13.0 Å². The average molecular weight is 344 g/mol. The monoisotopic (exact) mass is 342 g/mol. The van der Waals surface area contributed by atoms with E-state index in [-0.39, 0.29) is 5.78 Å². The van der Waals surface area contributed by atoms with Gasteiger partial charge in [0.2, 0.25) is 0 Å². The summed E-state index contributed by atoms with van der Waals surface area (Å²) < 4.78 is 0.895. The Morgan fingerprint density at radius 1 is 1.11 bits per heavy atom. The number of ketones is 1. The molecule has 1 nitrogen and oxygen atoms in total. The molecule has 0 saturated heterocycles. The molecular weight excluding hydrogens is 335 g/mol. The molecule has 0 aliphatic carbocycles. The molecule has 18 heavy (non-hydrogen) atoms. The van der Waals surface area contributed by atoms with E-state index in [4.69, 9.17) is 23.2 Å². The van der Waals surface area contributed by atoms with Crippen LogP contribution in [0.4, 0.5) is 0 Å². The molecule has 0 amide bonds. The molecule has 2 rings (SSSR count). The molecule has 0 radical (unpaired) electrons. The van der Waals surface area contributed by atoms with Gasteiger partial charge in [0.25, 0.3) is 0 Å². The van der Waals surface area contributed by atoms with Crippen LogP contribution < -0.4 is 0 Å². The number of hydrogen-bond acceptors (Lipinski definition) is 1. The molecule has 92 valence electrons. The number of carbonyl (C=O) groups excluding carboxylic acids is 1. The van der Waals surface area contributed by atoms with Crippen LogP contribution in [0.5, 0.6) is 0 Å². The lowest BCUT2D eigenvalue weighted by Gasteiger charge is -2.06. The third kappa shape index (κ3) is 2.77. The third-order valence-electron chi connectivity index (χ3n) is 2.61. The molecule has 2 aromatic carbocycles. The molecule has 0 fully saturated rings. The fourth-order valence-corrected chi connectivity index (χ4v) is 2.32. The van der Waals surface area contributed by atoms with Gasteiger partial charge in [-0.3, -0.25) is 4.79 Å². The Bertz CT molecular complexity index is 623. The van der Waals surface area contributed by atoms with Gasteiger partial charge in [0.1, 0.15) is 0 Å². The van der Waals surface area contributed by atoms with Crippen molar-refractivity contribution in [2.75, 3.05) is 0 Å². The van der Waals surface area contributed by atoms with Gasteiger partial charge in [-0.05, 0) is 36.8 Å². The molecular formula is C14H9BrCl2O. The summed E-state index contributed by atoms with van der Waals surface area (Å²) in [6.07, 6.45) is 0. The number of carbonyl (C=O) groups is 1. The van der Waals surface area contributed by atoms with Crippen molar-refractivity contribution < 1.29 is 4.79 Å². The molecule has 4 heteroatoms. The number of hydrogen-bond donors (Lipinski definition) is 0. The lowest BCUT2D eigenvalue weighted by molar-refractivity contribution is 0.103. The highest BCUT2D eigenvalue weighted by molar-refractivity contribution is 9.10. The van der Waals surface area contributed by atoms with Crippen LogP contribution in [0.1, 0.15) is 21.5 Å². The number of rotatable bonds is 2. The Kier molecular flexibility index (Phi) is 4.10. The number of benzene rings is 2. The Balaban J connectivity index is 2.47. The maximum Gasteiger partial charge on any atom is 0.194 e. The second-order valence-corrected chi connectivity index (χ2v) is 5.62. The molecule has 0 aromatic heterocycles. The highest BCUT2D eigenvalue weighted by Gasteiger charge is 2.14. The van der Waals surface area contributed by atoms with Crippen molar-refractivity contribution in [1.82, 2.24) is 0 Å². The molecule has 0 aliphatic rings. The van der Waals surface area contributed by atoms with Gasteiger partial charge in [-0.1, -0.05) is 51.3 Å². The second kappa shape index (κ2) is 5.43. The minimum Gasteiger partial charge on any atom is -0.289 e. The molecule has 0 aliphatic heterocycles. The second-order valence-electron chi connectivity index (χ2n) is 3.92. The summed E-state index contributed by atoms with van der Waals surface area (Å²) in [7, 11) is 0. The Morgan fingerprint density at radius 2 is 1.83 bits per heavy atom. The summed E-state index contributed by atoms with van der Waals surface area (Å²) in [5.74, 6) is -0.136. The van der Waals surface area contributed by atoms with Crippen LogP contribution >= 0.6 is 39.1 Å². The Morgan fingerprint density at radius 3 is 2.50 bits per heavy atom. The highest BCUT2D eigenvalue weighted by atomic mass is 79.9. The van der Waals surface area contributed by atoms with Crippen LogP contribution in [0.15, 0.2) is 40.9 Å². The summed E-state index contributed by atoms with van der Waals surface area (Å²) in [6, 6.07) is 10.3. The van der Waals surface area contributed by atoms with E-state index in [9.17, 15) is 4.79 Å². The van der Waals surface area contributed by atoms with E-state index in [1.54, 1.807) is 30.3 Å². The van der Waals surface area contributed by atoms with Crippen molar-refractivity contribution in [1.29, 1.82) is 0 Å². The zero-order chi connectivity index (χ0) is 13.3. The van der Waals surface area contributed by atoms with Crippen LogP contribution in [-0.2, 0) is 0 Å². The zero-order valence-electron chi connectivity index (χ0n) is 9.51. The lowest BCUT2D eigenvalue weighted by atomic mass is 10.0. The first-order valence-electron chi connectivity index (χ1n) is 5.25. The van der Waals surface area contributed by atoms with Gasteiger partial charge in [0.15, 0.2) is 5.78 Å². The van der Waals surface area contributed by atoms with Gasteiger partial charge >= 0.3 is 0 Å². The number of aryl methyl sites for hydroxylation is 1. The van der Waals surface area contributed by atoms with E-state index < -0.39 is 0 Å². The van der Waals surface area contributed by atoms with E-state index in [1.165, 1.54) is 0 Å². The van der Waals surface area contributed by atoms with Crippen molar-refractivity contribution in [3.63, 3.8) is 0 Å². The zero-order valence-corrected chi connectivity index (χ0v) is 12.6. The maximum absolute atomic E-state index is 12.3. The van der Waals surface area contributed by atoms with Crippen LogP contribution in [0.3, 0.4) is 0 Å². The molecule has 0 spiro atoms. The van der Waals surface area contributed by atoms with Crippen molar-refractivity contribution in [3.05, 3.63) is 67.6 Å². The van der Waals surface area contributed by atoms with Crippen molar-refractivity contribution in [2.45, 2.75) is 6.92 Å². The molecule has 0 atom stereocenters. The standard InChI is InChI=1S/C14H9BrCl2O/c1-8-2-3-9(6-12(8)15)14(18)11-7-10(16)4-5-13(11)17/h2-7H,1H3. The van der Waals surface area contributed by atoms with Crippen LogP contribution in [0.2, 0.25) is 10.0 Å². The van der Waals surface area contributed by atoms with Gasteiger partial charge in [-0.2, -0.15) is 0 Å². The van der Waals surface area contributed by atoms with Gasteiger partial charge in [-0.25, -0.2) is 0 Å². The quantitative estimate of drug-likeness (QED) is 0.676. The fourth-order valence-electron chi connectivity index (χ4n) is 1.56. The van der Waals surface area contributed by atoms with Gasteiger partial charge in [0, 0.05) is 20.6 Å². The summed E-state index contributed by atoms with van der Waals surface area (Å²) in [5, 5.41) is 0.898. The minimum absolute atomic E-state index is 0.136. The Hall–Kier alpha value is -0.830. The molecule has 2 aromatic rings. The van der Waals surface area contributed by atoms with Crippen LogP contribution in [0.25, 0.3) is 0 Å². The molecule has 0 heterocycles. The first-order chi connectivity index (χ1) is 8.49. The molecule has 0 bridgehead atoms. The van der Waals surface area contributed by atoms with E-state index in [0.717, 1.165) is 10.0 Å². The van der Waals surface area contributed by atoms with E-state index >= 15 is 0 Å². The summed E-state index contributed by atoms with van der Waals surface area (Å²) in [4.78, 5) is 12.3. The normalized spacial score (nSPS) is 10.4. The van der Waals surface area contributed by atoms with Crippen molar-refractivity contribution >= 4 is 44.9 Å². The summed E-state index contributed by atoms with van der Waals surface area (Å²) in [6.45, 7) is 1.96. The molecule has 0 unspecified atom stereocenters. The largest absolute Gasteiger partial charge is 0.289 e. The van der Waals surface area contributed by atoms with Crippen LogP contribution in [0, 0.1) is 6.92 Å². The average Bonchev–Trinajstić information content (AvgIpc) is 2.35. The third-order valence-corrected chi connectivity index (χ3v) is 4.03. The highest BCUT2D eigenvalue weighted by Crippen LogP contribution is 2.25. The number of halogens is 3. The van der Waals surface area contributed by atoms with E-state index in [2.05, 4.69) is 15.9 Å². The topological polar surface area (TPSA) is 17.1 Å². The predicted octanol–water partition coefficient (Wildman–Crippen LogP) is 5.30. The van der Waals surface area contributed by atoms with Gasteiger partial charge < -0.3 is 0 Å². The SMILES string of the molecule is Cc1ccc(C(=O)c2cc(Cl)ccc2Cl)cc1Br. The van der Waals surface area contributed by atoms with E-state index in [0.29, 0.717) is 21.2 Å². The molecule has 0 N–H and O–H groups in total. The van der Waals surface area contributed by atoms with Gasteiger partial charge in [0.05, 0.1) is 5.02 Å². The van der Waals surface area contributed by atoms with Crippen molar-refractivity contribution in [3.8, 4) is 0 Å². The van der Waals surface area contributed by atoms with Gasteiger partial charge in [-0.15, -0.1) is 0 Å². The first-order valence-corrected chi connectivity index (χ1v) is 6.80. The summed E-state index contributed by atoms with van der Waals surface area (Å²) in [5.41, 5.74) is 2.07. The van der Waals surface area contributed by atoms with Crippen molar-refractivity contribution in [2.24, 2.45) is 0 Å². The minimum atomic E-state index is -0.136. The lowest BCUT2D eigenvalue weighted by Crippen LogP contribution is -2.02. The Labute approximate surface area is 124 Å². The predicted molar refractivity (Wildman–Crippen MR) is 78.8 cm³/mol. The summed E-state index contributed by atoms with van der Waals surface area (Å²) >= 11 is 15.3. The van der Waals surface area contributed by atoms with Crippen LogP contribution in [-0.4, -0.2) is 5.78 Å². The molecule has 0 saturated carbocycles. The smallest absolute Gasteiger partial charge is 0.194 e.